The van der Waals surface area contributed by atoms with Gasteiger partial charge in [0.15, 0.2) is 5.69 Å². The number of pyridine rings is 1. The summed E-state index contributed by atoms with van der Waals surface area (Å²) >= 11 is 0. The summed E-state index contributed by atoms with van der Waals surface area (Å²) in [5.41, 5.74) is 4.26. The van der Waals surface area contributed by atoms with E-state index in [9.17, 15) is 9.50 Å². The van der Waals surface area contributed by atoms with Crippen molar-refractivity contribution >= 4 is 16.6 Å². The second-order valence-electron chi connectivity index (χ2n) is 7.50. The maximum Gasteiger partial charge on any atom is 0.190 e. The van der Waals surface area contributed by atoms with Crippen LogP contribution in [0, 0.1) is 26.2 Å². The number of aryl methyl sites for hydroxylation is 2. The fourth-order valence-electron chi connectivity index (χ4n) is 4.10. The summed E-state index contributed by atoms with van der Waals surface area (Å²) < 4.78 is 17.0. The highest BCUT2D eigenvalue weighted by Gasteiger charge is 2.24. The Labute approximate surface area is 158 Å². The monoisotopic (exact) mass is 363 g/mol. The van der Waals surface area contributed by atoms with Crippen molar-refractivity contribution in [2.75, 3.05) is 0 Å². The topological polar surface area (TPSA) is 42.4 Å². The summed E-state index contributed by atoms with van der Waals surface area (Å²) in [6.45, 7) is 11.1. The van der Waals surface area contributed by atoms with Crippen LogP contribution in [0.15, 0.2) is 30.7 Å². The molecule has 4 rings (SSSR count). The van der Waals surface area contributed by atoms with Gasteiger partial charge >= 0.3 is 0 Å². The smallest absolute Gasteiger partial charge is 0.190 e. The zero-order valence-electron chi connectivity index (χ0n) is 15.5. The Kier molecular flexibility index (Phi) is 4.45. The number of hydrogen-bond acceptors (Lipinski definition) is 2. The van der Waals surface area contributed by atoms with Crippen molar-refractivity contribution in [3.05, 3.63) is 59.1 Å². The van der Waals surface area contributed by atoms with Crippen molar-refractivity contribution in [1.82, 2.24) is 9.55 Å². The first kappa shape index (κ1) is 17.7. The van der Waals surface area contributed by atoms with E-state index >= 15 is 0 Å². The zero-order valence-corrected chi connectivity index (χ0v) is 15.5. The lowest BCUT2D eigenvalue weighted by atomic mass is 9.93. The fraction of sp³-hybridized carbons (Fsp3) is 0.364. The van der Waals surface area contributed by atoms with Gasteiger partial charge in [-0.2, -0.15) is 0 Å². The number of aliphatic hydroxyl groups is 1. The van der Waals surface area contributed by atoms with Gasteiger partial charge in [-0.1, -0.05) is 0 Å². The van der Waals surface area contributed by atoms with Crippen LogP contribution in [-0.2, 0) is 0 Å². The van der Waals surface area contributed by atoms with Crippen LogP contribution in [-0.4, -0.2) is 20.8 Å². The van der Waals surface area contributed by atoms with Crippen molar-refractivity contribution in [2.45, 2.75) is 51.7 Å². The molecule has 0 spiro atoms. The number of halogens is 1. The minimum Gasteiger partial charge on any atom is -0.393 e. The molecule has 1 fully saturated rings. The summed E-state index contributed by atoms with van der Waals surface area (Å²) in [5.74, 6) is -0.270. The Morgan fingerprint density at radius 2 is 1.85 bits per heavy atom. The van der Waals surface area contributed by atoms with E-state index in [2.05, 4.69) is 14.4 Å². The van der Waals surface area contributed by atoms with Gasteiger partial charge in [0.05, 0.1) is 12.7 Å². The Hall–Kier alpha value is -2.71. The molecule has 138 valence electrons. The molecule has 0 saturated heterocycles. The quantitative estimate of drug-likeness (QED) is 0.612. The highest BCUT2D eigenvalue weighted by atomic mass is 19.1. The van der Waals surface area contributed by atoms with Crippen LogP contribution in [0.5, 0.6) is 0 Å². The van der Waals surface area contributed by atoms with Gasteiger partial charge < -0.3 is 9.67 Å². The fourth-order valence-corrected chi connectivity index (χ4v) is 4.10. The lowest BCUT2D eigenvalue weighted by molar-refractivity contribution is 0.111. The maximum atomic E-state index is 14.8. The average Bonchev–Trinajstić information content (AvgIpc) is 3.02. The van der Waals surface area contributed by atoms with Crippen LogP contribution in [0.1, 0.15) is 42.9 Å². The molecule has 1 N–H and O–H groups in total. The van der Waals surface area contributed by atoms with Gasteiger partial charge in [0, 0.05) is 46.8 Å². The number of aliphatic hydroxyl groups excluding tert-OH is 1. The van der Waals surface area contributed by atoms with Gasteiger partial charge in [-0.3, -0.25) is 4.98 Å². The first-order chi connectivity index (χ1) is 13.0. The van der Waals surface area contributed by atoms with Crippen LogP contribution in [0.2, 0.25) is 0 Å². The first-order valence-electron chi connectivity index (χ1n) is 9.30. The number of rotatable bonds is 2. The molecule has 1 aliphatic carbocycles. The van der Waals surface area contributed by atoms with Gasteiger partial charge in [-0.25, -0.2) is 9.24 Å². The molecule has 2 heterocycles. The Morgan fingerprint density at radius 1 is 1.11 bits per heavy atom. The van der Waals surface area contributed by atoms with E-state index in [1.807, 2.05) is 25.3 Å². The maximum absolute atomic E-state index is 14.8. The molecule has 0 unspecified atom stereocenters. The number of nitrogens with zero attached hydrogens (tertiary/aromatic N) is 3. The molecule has 5 heteroatoms. The zero-order chi connectivity index (χ0) is 19.1. The Morgan fingerprint density at radius 3 is 2.56 bits per heavy atom. The number of hydrogen-bond donors (Lipinski definition) is 1. The second-order valence-corrected chi connectivity index (χ2v) is 7.50. The largest absolute Gasteiger partial charge is 0.393 e. The standard InChI is InChI=1S/C22H22FN3O/c1-13-8-21-17(9-20(13)24-3)19(18-11-25-10-14(2)22(18)23)12-26(21)15-4-6-16(27)7-5-15/h8-12,15-16,27H,4-7H2,1-2H3. The molecule has 0 radical (unpaired) electrons. The van der Waals surface area contributed by atoms with Crippen molar-refractivity contribution < 1.29 is 9.50 Å². The van der Waals surface area contributed by atoms with Gasteiger partial charge in [0.1, 0.15) is 5.82 Å². The van der Waals surface area contributed by atoms with Crippen molar-refractivity contribution in [3.8, 4) is 11.1 Å². The molecule has 4 nitrogen and oxygen atoms in total. The number of aromatic nitrogens is 2. The molecule has 0 bridgehead atoms. The van der Waals surface area contributed by atoms with Crippen molar-refractivity contribution in [2.24, 2.45) is 0 Å². The highest BCUT2D eigenvalue weighted by molar-refractivity contribution is 5.99. The first-order valence-corrected chi connectivity index (χ1v) is 9.30. The van der Waals surface area contributed by atoms with Crippen LogP contribution in [0.3, 0.4) is 0 Å². The molecule has 0 atom stereocenters. The van der Waals surface area contributed by atoms with Gasteiger partial charge in [-0.05, 0) is 62.6 Å². The third-order valence-electron chi connectivity index (χ3n) is 5.68. The molecule has 3 aromatic rings. The molecule has 0 amide bonds. The van der Waals surface area contributed by atoms with Crippen LogP contribution < -0.4 is 0 Å². The van der Waals surface area contributed by atoms with E-state index in [4.69, 9.17) is 6.57 Å². The summed E-state index contributed by atoms with van der Waals surface area (Å²) in [5, 5.41) is 10.7. The Balaban J connectivity index is 1.96. The molecule has 0 aliphatic heterocycles. The van der Waals surface area contributed by atoms with E-state index in [0.29, 0.717) is 16.8 Å². The molecule has 27 heavy (non-hydrogen) atoms. The molecule has 1 saturated carbocycles. The van der Waals surface area contributed by atoms with E-state index in [1.54, 1.807) is 13.1 Å². The summed E-state index contributed by atoms with van der Waals surface area (Å²) in [7, 11) is 0. The van der Waals surface area contributed by atoms with Crippen molar-refractivity contribution in [1.29, 1.82) is 0 Å². The SMILES string of the molecule is [C-]#[N+]c1cc2c(-c3cncc(C)c3F)cn(C3CCC(O)CC3)c2cc1C. The molecule has 1 aromatic carbocycles. The Bertz CT molecular complexity index is 1060. The number of fused-ring (bicyclic) bond motifs is 1. The number of benzene rings is 1. The third-order valence-corrected chi connectivity index (χ3v) is 5.68. The van der Waals surface area contributed by atoms with E-state index in [0.717, 1.165) is 47.7 Å². The normalized spacial score (nSPS) is 20.0. The van der Waals surface area contributed by atoms with E-state index in [-0.39, 0.29) is 18.0 Å². The summed E-state index contributed by atoms with van der Waals surface area (Å²) in [6, 6.07) is 4.16. The van der Waals surface area contributed by atoms with Crippen LogP contribution >= 0.6 is 0 Å². The average molecular weight is 363 g/mol. The summed E-state index contributed by atoms with van der Waals surface area (Å²) in [4.78, 5) is 7.80. The van der Waals surface area contributed by atoms with Gasteiger partial charge in [-0.15, -0.1) is 0 Å². The molecule has 1 aliphatic rings. The minimum absolute atomic E-state index is 0.226. The highest BCUT2D eigenvalue weighted by Crippen LogP contribution is 2.40. The minimum atomic E-state index is -0.270. The van der Waals surface area contributed by atoms with E-state index < -0.39 is 0 Å². The predicted molar refractivity (Wildman–Crippen MR) is 104 cm³/mol. The second kappa shape index (κ2) is 6.79. The molecule has 2 aromatic heterocycles. The van der Waals surface area contributed by atoms with Crippen LogP contribution in [0.25, 0.3) is 26.9 Å². The lowest BCUT2D eigenvalue weighted by Crippen LogP contribution is -2.20. The van der Waals surface area contributed by atoms with Gasteiger partial charge in [0.25, 0.3) is 0 Å². The summed E-state index contributed by atoms with van der Waals surface area (Å²) in [6.07, 6.45) is 8.19. The lowest BCUT2D eigenvalue weighted by Gasteiger charge is -2.27. The molecular weight excluding hydrogens is 341 g/mol. The molecular formula is C22H22FN3O. The predicted octanol–water partition coefficient (Wildman–Crippen LogP) is 5.49. The van der Waals surface area contributed by atoms with Gasteiger partial charge in [0.2, 0.25) is 0 Å². The van der Waals surface area contributed by atoms with Crippen LogP contribution in [0.4, 0.5) is 10.1 Å². The third kappa shape index (κ3) is 3.00. The van der Waals surface area contributed by atoms with Crippen molar-refractivity contribution in [3.63, 3.8) is 0 Å². The van der Waals surface area contributed by atoms with E-state index in [1.165, 1.54) is 6.20 Å².